The highest BCUT2D eigenvalue weighted by Gasteiger charge is 2.21. The largest absolute Gasteiger partial charge is 0.392 e. The summed E-state index contributed by atoms with van der Waals surface area (Å²) in [6, 6.07) is 0. The van der Waals surface area contributed by atoms with E-state index in [1.165, 1.54) is 25.6 Å². The number of H-pyrrole nitrogens is 1. The molecule has 3 rings (SSSR count). The van der Waals surface area contributed by atoms with Crippen LogP contribution >= 0.6 is 0 Å². The Hall–Kier alpha value is -1.66. The zero-order valence-electron chi connectivity index (χ0n) is 13.5. The van der Waals surface area contributed by atoms with Gasteiger partial charge in [0.05, 0.1) is 11.6 Å². The monoisotopic (exact) mass is 305 g/mol. The summed E-state index contributed by atoms with van der Waals surface area (Å²) in [6.07, 6.45) is 8.13. The summed E-state index contributed by atoms with van der Waals surface area (Å²) in [5.41, 5.74) is 8.53. The molecular weight excluding hydrogens is 278 g/mol. The Morgan fingerprint density at radius 3 is 2.73 bits per heavy atom. The fourth-order valence-electron chi connectivity index (χ4n) is 2.68. The smallest absolute Gasteiger partial charge is 0.151 e. The molecular formula is C16H27N5O. The van der Waals surface area contributed by atoms with Gasteiger partial charge in [-0.3, -0.25) is 4.90 Å². The van der Waals surface area contributed by atoms with Gasteiger partial charge in [-0.05, 0) is 6.42 Å². The number of β-amino-alcohol motifs (C(OH)–C–C–N with tert-alkyl or cyclic N) is 1. The summed E-state index contributed by atoms with van der Waals surface area (Å²) < 4.78 is 0. The van der Waals surface area contributed by atoms with Gasteiger partial charge >= 0.3 is 0 Å². The lowest BCUT2D eigenvalue weighted by atomic mass is 10.2. The van der Waals surface area contributed by atoms with Crippen LogP contribution in [0.15, 0.2) is 12.5 Å². The molecule has 0 saturated carbocycles. The fraction of sp³-hybridized carbons (Fsp3) is 0.625. The van der Waals surface area contributed by atoms with Gasteiger partial charge < -0.3 is 15.8 Å². The van der Waals surface area contributed by atoms with E-state index in [-0.39, 0.29) is 6.10 Å². The van der Waals surface area contributed by atoms with E-state index in [9.17, 15) is 5.11 Å². The molecule has 1 saturated heterocycles. The van der Waals surface area contributed by atoms with E-state index >= 15 is 0 Å². The summed E-state index contributed by atoms with van der Waals surface area (Å²) >= 11 is 0. The van der Waals surface area contributed by atoms with Crippen molar-refractivity contribution in [3.63, 3.8) is 0 Å². The van der Waals surface area contributed by atoms with E-state index in [1.54, 1.807) is 0 Å². The van der Waals surface area contributed by atoms with Crippen molar-refractivity contribution < 1.29 is 5.11 Å². The Morgan fingerprint density at radius 1 is 1.36 bits per heavy atom. The van der Waals surface area contributed by atoms with Crippen molar-refractivity contribution in [2.24, 2.45) is 0 Å². The van der Waals surface area contributed by atoms with Gasteiger partial charge in [0.15, 0.2) is 5.82 Å². The molecule has 22 heavy (non-hydrogen) atoms. The van der Waals surface area contributed by atoms with Gasteiger partial charge in [-0.2, -0.15) is 0 Å². The molecule has 2 aromatic heterocycles. The second-order valence-electron chi connectivity index (χ2n) is 5.83. The summed E-state index contributed by atoms with van der Waals surface area (Å²) in [5.74, 6) is 0.475. The minimum atomic E-state index is -0.195. The van der Waals surface area contributed by atoms with Crippen molar-refractivity contribution in [3.8, 4) is 0 Å². The molecule has 1 fully saturated rings. The first-order chi connectivity index (χ1) is 10.7. The number of anilines is 1. The molecule has 1 aliphatic rings. The maximum Gasteiger partial charge on any atom is 0.151 e. The molecule has 3 heterocycles. The molecule has 1 atom stereocenters. The zero-order valence-corrected chi connectivity index (χ0v) is 13.5. The average molecular weight is 305 g/mol. The third-order valence-corrected chi connectivity index (χ3v) is 3.92. The zero-order chi connectivity index (χ0) is 15.9. The molecule has 0 aromatic carbocycles. The number of nitrogens with one attached hydrogen (secondary N) is 1. The van der Waals surface area contributed by atoms with Crippen molar-refractivity contribution in [2.45, 2.75) is 52.2 Å². The van der Waals surface area contributed by atoms with Crippen LogP contribution in [0.2, 0.25) is 0 Å². The first-order valence-corrected chi connectivity index (χ1v) is 8.12. The van der Waals surface area contributed by atoms with Crippen LogP contribution in [0, 0.1) is 0 Å². The number of aromatic amines is 1. The van der Waals surface area contributed by atoms with Crippen LogP contribution in [0.5, 0.6) is 0 Å². The Balaban J connectivity index is 0.000000309. The third-order valence-electron chi connectivity index (χ3n) is 3.92. The first kappa shape index (κ1) is 16.7. The lowest BCUT2D eigenvalue weighted by Gasteiger charge is -2.13. The fourth-order valence-corrected chi connectivity index (χ4v) is 2.68. The summed E-state index contributed by atoms with van der Waals surface area (Å²) in [5, 5.41) is 9.49. The topological polar surface area (TPSA) is 91.1 Å². The van der Waals surface area contributed by atoms with Crippen LogP contribution in [-0.2, 0) is 6.54 Å². The van der Waals surface area contributed by atoms with Crippen LogP contribution in [0.25, 0.3) is 11.0 Å². The van der Waals surface area contributed by atoms with Crippen LogP contribution in [-0.4, -0.2) is 44.2 Å². The quantitative estimate of drug-likeness (QED) is 0.806. The van der Waals surface area contributed by atoms with E-state index < -0.39 is 0 Å². The molecule has 0 radical (unpaired) electrons. The molecule has 122 valence electrons. The molecule has 0 aliphatic carbocycles. The van der Waals surface area contributed by atoms with Crippen LogP contribution in [0.3, 0.4) is 0 Å². The molecule has 1 aliphatic heterocycles. The van der Waals surface area contributed by atoms with Gasteiger partial charge in [0.25, 0.3) is 0 Å². The van der Waals surface area contributed by atoms with Crippen LogP contribution in [0.1, 0.15) is 45.1 Å². The Morgan fingerprint density at radius 2 is 2.14 bits per heavy atom. The van der Waals surface area contributed by atoms with Gasteiger partial charge in [-0.15, -0.1) is 0 Å². The predicted molar refractivity (Wildman–Crippen MR) is 89.4 cm³/mol. The minimum absolute atomic E-state index is 0.195. The van der Waals surface area contributed by atoms with E-state index in [0.717, 1.165) is 42.7 Å². The highest BCUT2D eigenvalue weighted by Crippen LogP contribution is 2.22. The number of nitrogen functional groups attached to an aromatic ring is 1. The normalized spacial score (nSPS) is 18.4. The van der Waals surface area contributed by atoms with Crippen molar-refractivity contribution in [2.75, 3.05) is 18.8 Å². The molecule has 4 N–H and O–H groups in total. The van der Waals surface area contributed by atoms with Crippen molar-refractivity contribution in [1.29, 1.82) is 0 Å². The number of rotatable bonds is 4. The third kappa shape index (κ3) is 4.18. The van der Waals surface area contributed by atoms with Crippen LogP contribution < -0.4 is 5.73 Å². The molecule has 2 aromatic rings. The van der Waals surface area contributed by atoms with E-state index in [2.05, 4.69) is 33.7 Å². The Kier molecular flexibility index (Phi) is 6.15. The number of fused-ring (bicyclic) bond motifs is 1. The molecule has 6 nitrogen and oxygen atoms in total. The van der Waals surface area contributed by atoms with Crippen molar-refractivity contribution in [1.82, 2.24) is 19.9 Å². The average Bonchev–Trinajstić information content (AvgIpc) is 3.09. The number of aliphatic hydroxyl groups excluding tert-OH is 1. The van der Waals surface area contributed by atoms with E-state index in [4.69, 9.17) is 5.73 Å². The van der Waals surface area contributed by atoms with Gasteiger partial charge in [0, 0.05) is 31.4 Å². The summed E-state index contributed by atoms with van der Waals surface area (Å²) in [6.45, 7) is 6.86. The standard InChI is InChI=1S/C11H15N5O.C5H12/c12-11-10-9(14-6-15-11)7(3-13-10)4-16-2-1-8(17)5-16;1-3-5-4-2/h3,6,8,13,17H,1-2,4-5H2,(H2,12,14,15);3-5H2,1-2H3/t8-;/m1./s1. The first-order valence-electron chi connectivity index (χ1n) is 8.12. The maximum absolute atomic E-state index is 9.49. The molecule has 0 amide bonds. The Labute approximate surface area is 131 Å². The number of likely N-dealkylation sites (tertiary alicyclic amines) is 1. The SMILES string of the molecule is CCCCC.Nc1ncnc2c(CN3CC[C@@H](O)C3)c[nH]c12. The summed E-state index contributed by atoms with van der Waals surface area (Å²) in [4.78, 5) is 13.5. The predicted octanol–water partition coefficient (Wildman–Crippen LogP) is 2.30. The van der Waals surface area contributed by atoms with E-state index in [0.29, 0.717) is 5.82 Å². The van der Waals surface area contributed by atoms with E-state index in [1.807, 2.05) is 6.20 Å². The molecule has 0 bridgehead atoms. The lowest BCUT2D eigenvalue weighted by Crippen LogP contribution is -2.21. The summed E-state index contributed by atoms with van der Waals surface area (Å²) in [7, 11) is 0. The van der Waals surface area contributed by atoms with Gasteiger partial charge in [-0.25, -0.2) is 9.97 Å². The van der Waals surface area contributed by atoms with Crippen LogP contribution in [0.4, 0.5) is 5.82 Å². The molecule has 0 unspecified atom stereocenters. The second-order valence-corrected chi connectivity index (χ2v) is 5.83. The number of nitrogens with zero attached hydrogens (tertiary/aromatic N) is 3. The van der Waals surface area contributed by atoms with Crippen molar-refractivity contribution >= 4 is 16.9 Å². The highest BCUT2D eigenvalue weighted by molar-refractivity contribution is 5.86. The highest BCUT2D eigenvalue weighted by atomic mass is 16.3. The number of aliphatic hydroxyl groups is 1. The Bertz CT molecular complexity index is 581. The molecule has 0 spiro atoms. The number of hydrogen-bond acceptors (Lipinski definition) is 5. The number of aromatic nitrogens is 3. The second kappa shape index (κ2) is 8.10. The maximum atomic E-state index is 9.49. The lowest BCUT2D eigenvalue weighted by molar-refractivity contribution is 0.175. The minimum Gasteiger partial charge on any atom is -0.392 e. The number of hydrogen-bond donors (Lipinski definition) is 3. The number of nitrogens with two attached hydrogens (primary N) is 1. The van der Waals surface area contributed by atoms with Gasteiger partial charge in [0.1, 0.15) is 11.8 Å². The molecule has 6 heteroatoms. The van der Waals surface area contributed by atoms with Gasteiger partial charge in [0.2, 0.25) is 0 Å². The number of unbranched alkanes of at least 4 members (excludes halogenated alkanes) is 2. The van der Waals surface area contributed by atoms with Crippen molar-refractivity contribution in [3.05, 3.63) is 18.1 Å². The van der Waals surface area contributed by atoms with Gasteiger partial charge in [-0.1, -0.05) is 33.1 Å².